The molecule has 82 heavy (non-hydrogen) atoms. The Balaban J connectivity index is 0.835. The minimum atomic E-state index is -0.512. The second-order valence-corrected chi connectivity index (χ2v) is 21.9. The lowest BCUT2D eigenvalue weighted by molar-refractivity contribution is 0.768. The summed E-state index contributed by atoms with van der Waals surface area (Å²) in [5.74, 6) is 0. The van der Waals surface area contributed by atoms with E-state index in [2.05, 4.69) is 337 Å². The summed E-state index contributed by atoms with van der Waals surface area (Å²) in [7, 11) is 0. The molecule has 0 radical (unpaired) electrons. The first-order valence-electron chi connectivity index (χ1n) is 28.5. The van der Waals surface area contributed by atoms with Gasteiger partial charge in [0, 0.05) is 33.5 Å². The van der Waals surface area contributed by atoms with Crippen LogP contribution in [0.2, 0.25) is 0 Å². The molecule has 0 atom stereocenters. The first-order chi connectivity index (χ1) is 40.7. The van der Waals surface area contributed by atoms with Crippen LogP contribution in [0.3, 0.4) is 0 Å². The molecular weight excluding hydrogens is 989 g/mol. The van der Waals surface area contributed by atoms with Crippen LogP contribution in [0.5, 0.6) is 0 Å². The molecule has 2 nitrogen and oxygen atoms in total. The average molecular weight is 1040 g/mol. The minimum absolute atomic E-state index is 0.483. The molecule has 0 aliphatic heterocycles. The second kappa shape index (κ2) is 19.1. The van der Waals surface area contributed by atoms with E-state index in [1.807, 2.05) is 0 Å². The molecule has 0 saturated carbocycles. The zero-order chi connectivity index (χ0) is 54.2. The smallest absolute Gasteiger partial charge is 0.0713 e. The highest BCUT2D eigenvalue weighted by Crippen LogP contribution is 2.58. The third-order valence-corrected chi connectivity index (χ3v) is 17.8. The summed E-state index contributed by atoms with van der Waals surface area (Å²) in [4.78, 5) is 2.40. The number of fused-ring (bicyclic) bond motifs is 9. The summed E-state index contributed by atoms with van der Waals surface area (Å²) in [6, 6.07) is 121. The number of anilines is 3. The molecule has 384 valence electrons. The SMILES string of the molecule is c1ccc(-c2ccc(N(c3ccc(-c4ccc5c(c4)c4cc(C6(c7ccccc7)c7ccccc7-c7ccccc76)ccc4n5-c4ccccc4)cc3)c3ccc(C4(c5ccccc5)c5ccccc5-c5ccccc54)cc3)cc2)cc1. The van der Waals surface area contributed by atoms with Crippen LogP contribution in [-0.2, 0) is 10.8 Å². The number of nitrogens with zero attached hydrogens (tertiary/aromatic N) is 2. The van der Waals surface area contributed by atoms with Crippen molar-refractivity contribution in [3.63, 3.8) is 0 Å². The van der Waals surface area contributed by atoms with Crippen molar-refractivity contribution in [2.75, 3.05) is 4.90 Å². The summed E-state index contributed by atoms with van der Waals surface area (Å²) in [6.07, 6.45) is 0. The zero-order valence-electron chi connectivity index (χ0n) is 45.1. The summed E-state index contributed by atoms with van der Waals surface area (Å²) >= 11 is 0. The van der Waals surface area contributed by atoms with Crippen LogP contribution in [-0.4, -0.2) is 4.57 Å². The van der Waals surface area contributed by atoms with Gasteiger partial charge in [0.1, 0.15) is 0 Å². The van der Waals surface area contributed by atoms with E-state index in [4.69, 9.17) is 0 Å². The number of aromatic nitrogens is 1. The van der Waals surface area contributed by atoms with Crippen molar-refractivity contribution in [2.45, 2.75) is 10.8 Å². The van der Waals surface area contributed by atoms with Gasteiger partial charge in [-0.1, -0.05) is 255 Å². The van der Waals surface area contributed by atoms with Crippen LogP contribution >= 0.6 is 0 Å². The zero-order valence-corrected chi connectivity index (χ0v) is 45.1. The fraction of sp³-hybridized carbons (Fsp3) is 0.0250. The third kappa shape index (κ3) is 7.14. The molecule has 0 saturated heterocycles. The van der Waals surface area contributed by atoms with Crippen molar-refractivity contribution < 1.29 is 0 Å². The largest absolute Gasteiger partial charge is 0.311 e. The van der Waals surface area contributed by atoms with Gasteiger partial charge in [0.15, 0.2) is 0 Å². The highest BCUT2D eigenvalue weighted by molar-refractivity contribution is 6.11. The van der Waals surface area contributed by atoms with E-state index in [1.54, 1.807) is 0 Å². The van der Waals surface area contributed by atoms with Crippen molar-refractivity contribution in [1.29, 1.82) is 0 Å². The number of hydrogen-bond donors (Lipinski definition) is 0. The van der Waals surface area contributed by atoms with Gasteiger partial charge in [-0.05, 0) is 162 Å². The Morgan fingerprint density at radius 3 is 1.02 bits per heavy atom. The number of hydrogen-bond acceptors (Lipinski definition) is 1. The fourth-order valence-corrected chi connectivity index (χ4v) is 14.3. The number of benzene rings is 13. The van der Waals surface area contributed by atoms with Crippen LogP contribution in [0.4, 0.5) is 17.1 Å². The molecule has 0 unspecified atom stereocenters. The summed E-state index contributed by atoms with van der Waals surface area (Å²) in [5.41, 5.74) is 25.8. The molecule has 2 heteroatoms. The van der Waals surface area contributed by atoms with Gasteiger partial charge in [-0.25, -0.2) is 0 Å². The summed E-state index contributed by atoms with van der Waals surface area (Å²) in [6.45, 7) is 0. The summed E-state index contributed by atoms with van der Waals surface area (Å²) < 4.78 is 2.44. The first kappa shape index (κ1) is 47.5. The standard InChI is InChI=1S/C80H54N2/c1-5-21-55(22-6-1)56-37-45-64(46-38-56)81(66-49-42-61(43-50-66)79(59-23-7-2-8-24-59)73-33-17-13-29-67(73)68-30-14-18-34-74(68)79)65-47-39-57(40-48-65)58-41-51-77-71(53-58)72-54-62(44-52-78(72)82(77)63-27-11-4-12-28-63)80(60-25-9-3-10-26-60)75-35-19-15-31-69(75)70-32-16-20-36-76(70)80/h1-54H. The molecule has 0 fully saturated rings. The van der Waals surface area contributed by atoms with Crippen LogP contribution in [0.15, 0.2) is 328 Å². The van der Waals surface area contributed by atoms with Crippen molar-refractivity contribution in [3.8, 4) is 50.2 Å². The van der Waals surface area contributed by atoms with Gasteiger partial charge in [0.05, 0.1) is 21.9 Å². The van der Waals surface area contributed by atoms with Crippen molar-refractivity contribution in [3.05, 3.63) is 372 Å². The maximum atomic E-state index is 2.49. The molecule has 2 aliphatic rings. The van der Waals surface area contributed by atoms with E-state index in [0.717, 1.165) is 33.9 Å². The van der Waals surface area contributed by atoms with Gasteiger partial charge in [-0.2, -0.15) is 0 Å². The third-order valence-electron chi connectivity index (χ3n) is 17.8. The number of para-hydroxylation sites is 1. The Morgan fingerprint density at radius 1 is 0.232 bits per heavy atom. The van der Waals surface area contributed by atoms with Gasteiger partial charge >= 0.3 is 0 Å². The van der Waals surface area contributed by atoms with Crippen molar-refractivity contribution >= 4 is 38.9 Å². The van der Waals surface area contributed by atoms with Crippen LogP contribution in [0.25, 0.3) is 72.0 Å². The Bertz CT molecular complexity index is 4600. The van der Waals surface area contributed by atoms with Gasteiger partial charge < -0.3 is 9.47 Å². The molecule has 1 heterocycles. The quantitative estimate of drug-likeness (QED) is 0.133. The minimum Gasteiger partial charge on any atom is -0.311 e. The fourth-order valence-electron chi connectivity index (χ4n) is 14.3. The molecule has 2 aliphatic carbocycles. The Kier molecular flexibility index (Phi) is 11.0. The number of rotatable bonds is 10. The lowest BCUT2D eigenvalue weighted by Gasteiger charge is -2.34. The van der Waals surface area contributed by atoms with Crippen molar-refractivity contribution in [1.82, 2.24) is 4.57 Å². The molecule has 0 N–H and O–H groups in total. The maximum Gasteiger partial charge on any atom is 0.0713 e. The molecule has 13 aromatic carbocycles. The molecule has 14 aromatic rings. The lowest BCUT2D eigenvalue weighted by Crippen LogP contribution is -2.28. The Labute approximate surface area is 478 Å². The van der Waals surface area contributed by atoms with Crippen LogP contribution < -0.4 is 4.90 Å². The first-order valence-corrected chi connectivity index (χ1v) is 28.5. The lowest BCUT2D eigenvalue weighted by atomic mass is 9.67. The molecule has 1 aromatic heterocycles. The van der Waals surface area contributed by atoms with E-state index in [9.17, 15) is 0 Å². The average Bonchev–Trinajstić information content (AvgIpc) is 4.27. The summed E-state index contributed by atoms with van der Waals surface area (Å²) in [5, 5.41) is 2.44. The second-order valence-electron chi connectivity index (χ2n) is 21.9. The highest BCUT2D eigenvalue weighted by Gasteiger charge is 2.47. The highest BCUT2D eigenvalue weighted by atomic mass is 15.1. The molecule has 16 rings (SSSR count). The van der Waals surface area contributed by atoms with E-state index in [-0.39, 0.29) is 0 Å². The van der Waals surface area contributed by atoms with E-state index < -0.39 is 10.8 Å². The normalized spacial score (nSPS) is 13.3. The molecule has 0 amide bonds. The van der Waals surface area contributed by atoms with Gasteiger partial charge in [-0.15, -0.1) is 0 Å². The predicted octanol–water partition coefficient (Wildman–Crippen LogP) is 20.3. The monoisotopic (exact) mass is 1040 g/mol. The van der Waals surface area contributed by atoms with Crippen LogP contribution in [0, 0.1) is 0 Å². The van der Waals surface area contributed by atoms with Gasteiger partial charge in [-0.3, -0.25) is 0 Å². The van der Waals surface area contributed by atoms with Crippen LogP contribution in [0.1, 0.15) is 44.5 Å². The van der Waals surface area contributed by atoms with Gasteiger partial charge in [0.2, 0.25) is 0 Å². The predicted molar refractivity (Wildman–Crippen MR) is 341 cm³/mol. The van der Waals surface area contributed by atoms with Gasteiger partial charge in [0.25, 0.3) is 0 Å². The van der Waals surface area contributed by atoms with E-state index in [0.29, 0.717) is 0 Å². The maximum absolute atomic E-state index is 2.49. The van der Waals surface area contributed by atoms with Crippen molar-refractivity contribution in [2.24, 2.45) is 0 Å². The molecule has 0 spiro atoms. The van der Waals surface area contributed by atoms with E-state index in [1.165, 1.54) is 99.7 Å². The molecule has 0 bridgehead atoms. The Hall–Kier alpha value is -10.5. The Morgan fingerprint density at radius 2 is 0.549 bits per heavy atom. The van der Waals surface area contributed by atoms with E-state index >= 15 is 0 Å². The molecular formula is C80H54N2. The topological polar surface area (TPSA) is 8.17 Å².